The van der Waals surface area contributed by atoms with Crippen LogP contribution in [0.2, 0.25) is 10.0 Å². The molecule has 28 heavy (non-hydrogen) atoms. The Morgan fingerprint density at radius 1 is 1.21 bits per heavy atom. The second kappa shape index (κ2) is 8.98. The molecule has 0 saturated heterocycles. The molecule has 0 fully saturated rings. The first-order chi connectivity index (χ1) is 13.6. The molecule has 3 rings (SSSR count). The second-order valence-electron chi connectivity index (χ2n) is 5.92. The first-order valence-electron chi connectivity index (χ1n) is 8.53. The number of nitrogens with two attached hydrogens (primary N) is 1. The molecule has 144 valence electrons. The predicted octanol–water partition coefficient (Wildman–Crippen LogP) is 4.89. The molecular formula is C20H18Cl2N4O2. The summed E-state index contributed by atoms with van der Waals surface area (Å²) in [5.74, 6) is 1.10. The number of nitrogens with one attached hydrogen (secondary N) is 1. The van der Waals surface area contributed by atoms with E-state index in [2.05, 4.69) is 16.4 Å². The van der Waals surface area contributed by atoms with Gasteiger partial charge >= 0.3 is 0 Å². The maximum Gasteiger partial charge on any atom is 0.163 e. The van der Waals surface area contributed by atoms with Gasteiger partial charge in [-0.25, -0.2) is 0 Å². The summed E-state index contributed by atoms with van der Waals surface area (Å²) in [6.07, 6.45) is 2.23. The maximum atomic E-state index is 9.54. The number of rotatable bonds is 7. The number of halogens is 2. The van der Waals surface area contributed by atoms with Crippen LogP contribution in [0.4, 0.5) is 11.4 Å². The number of benzene rings is 2. The van der Waals surface area contributed by atoms with Gasteiger partial charge in [0, 0.05) is 22.7 Å². The number of hydrogen-bond acceptors (Lipinski definition) is 6. The number of methoxy groups -OCH3 is 1. The Morgan fingerprint density at radius 3 is 2.71 bits per heavy atom. The molecule has 0 unspecified atom stereocenters. The molecule has 2 aromatic carbocycles. The van der Waals surface area contributed by atoms with Crippen molar-refractivity contribution in [2.24, 2.45) is 5.73 Å². The van der Waals surface area contributed by atoms with Crippen LogP contribution in [0.5, 0.6) is 11.5 Å². The fourth-order valence-electron chi connectivity index (χ4n) is 2.68. The van der Waals surface area contributed by atoms with Crippen molar-refractivity contribution < 1.29 is 9.47 Å². The van der Waals surface area contributed by atoms with Crippen LogP contribution < -0.4 is 20.5 Å². The Balaban J connectivity index is 2.10. The molecule has 6 nitrogen and oxygen atoms in total. The number of ether oxygens (including phenoxy) is 2. The lowest BCUT2D eigenvalue weighted by Crippen LogP contribution is -2.07. The van der Waals surface area contributed by atoms with E-state index in [1.807, 2.05) is 0 Å². The number of fused-ring (bicyclic) bond motifs is 1. The zero-order valence-electron chi connectivity index (χ0n) is 15.1. The normalized spacial score (nSPS) is 10.5. The van der Waals surface area contributed by atoms with Crippen molar-refractivity contribution in [1.29, 1.82) is 5.26 Å². The van der Waals surface area contributed by atoms with Gasteiger partial charge in [-0.3, -0.25) is 4.98 Å². The van der Waals surface area contributed by atoms with E-state index in [-0.39, 0.29) is 0 Å². The summed E-state index contributed by atoms with van der Waals surface area (Å²) in [5, 5.41) is 14.4. The quantitative estimate of drug-likeness (QED) is 0.532. The lowest BCUT2D eigenvalue weighted by Gasteiger charge is -2.16. The summed E-state index contributed by atoms with van der Waals surface area (Å²) in [5.41, 5.74) is 7.73. The molecule has 0 saturated carbocycles. The van der Waals surface area contributed by atoms with Crippen molar-refractivity contribution in [3.63, 3.8) is 0 Å². The summed E-state index contributed by atoms with van der Waals surface area (Å²) in [7, 11) is 1.56. The molecule has 0 atom stereocenters. The van der Waals surface area contributed by atoms with E-state index < -0.39 is 0 Å². The predicted molar refractivity (Wildman–Crippen MR) is 112 cm³/mol. The highest BCUT2D eigenvalue weighted by Crippen LogP contribution is 2.38. The molecule has 0 aliphatic rings. The molecule has 1 heterocycles. The minimum absolute atomic E-state index is 0.373. The van der Waals surface area contributed by atoms with Crippen LogP contribution in [0, 0.1) is 11.3 Å². The monoisotopic (exact) mass is 416 g/mol. The lowest BCUT2D eigenvalue weighted by atomic mass is 10.1. The highest BCUT2D eigenvalue weighted by molar-refractivity contribution is 6.36. The number of nitriles is 1. The van der Waals surface area contributed by atoms with Gasteiger partial charge < -0.3 is 20.5 Å². The molecule has 0 aliphatic heterocycles. The minimum atomic E-state index is 0.373. The Kier molecular flexibility index (Phi) is 6.42. The molecule has 0 spiro atoms. The van der Waals surface area contributed by atoms with Gasteiger partial charge in [-0.2, -0.15) is 5.26 Å². The third-order valence-electron chi connectivity index (χ3n) is 4.07. The smallest absolute Gasteiger partial charge is 0.163 e. The maximum absolute atomic E-state index is 9.54. The van der Waals surface area contributed by atoms with Gasteiger partial charge in [0.2, 0.25) is 0 Å². The first kappa shape index (κ1) is 20.0. The standard InChI is InChI=1S/C20H18Cl2N4O2/c1-27-18-8-14-17(9-19(18)28-6-2-5-23)25-11-12(10-24)20(14)26-16-4-3-13(21)7-15(16)22/h3-4,7-9,11H,2,5-6,23H2,1H3,(H,25,26). The fraction of sp³-hybridized carbons (Fsp3) is 0.200. The zero-order valence-corrected chi connectivity index (χ0v) is 16.6. The average Bonchev–Trinajstić information content (AvgIpc) is 2.69. The van der Waals surface area contributed by atoms with Crippen LogP contribution in [0.3, 0.4) is 0 Å². The molecule has 0 amide bonds. The van der Waals surface area contributed by atoms with Gasteiger partial charge in [-0.1, -0.05) is 23.2 Å². The fourth-order valence-corrected chi connectivity index (χ4v) is 3.14. The molecule has 0 radical (unpaired) electrons. The van der Waals surface area contributed by atoms with E-state index in [9.17, 15) is 5.26 Å². The highest BCUT2D eigenvalue weighted by atomic mass is 35.5. The van der Waals surface area contributed by atoms with E-state index in [1.54, 1.807) is 37.4 Å². The van der Waals surface area contributed by atoms with Crippen LogP contribution in [0.1, 0.15) is 12.0 Å². The van der Waals surface area contributed by atoms with Crippen LogP contribution in [-0.4, -0.2) is 25.2 Å². The molecule has 0 bridgehead atoms. The molecule has 0 aliphatic carbocycles. The van der Waals surface area contributed by atoms with E-state index in [0.717, 1.165) is 6.42 Å². The van der Waals surface area contributed by atoms with Crippen molar-refractivity contribution in [3.05, 3.63) is 52.1 Å². The average molecular weight is 417 g/mol. The summed E-state index contributed by atoms with van der Waals surface area (Å²) in [6, 6.07) is 10.8. The largest absolute Gasteiger partial charge is 0.493 e. The molecule has 8 heteroatoms. The van der Waals surface area contributed by atoms with Crippen molar-refractivity contribution >= 4 is 45.5 Å². The van der Waals surface area contributed by atoms with Crippen molar-refractivity contribution in [2.45, 2.75) is 6.42 Å². The van der Waals surface area contributed by atoms with Crippen LogP contribution in [0.25, 0.3) is 10.9 Å². The second-order valence-corrected chi connectivity index (χ2v) is 6.76. The van der Waals surface area contributed by atoms with Gasteiger partial charge in [0.05, 0.1) is 41.2 Å². The Labute approximate surface area is 172 Å². The topological polar surface area (TPSA) is 93.2 Å². The Bertz CT molecular complexity index is 1050. The van der Waals surface area contributed by atoms with Gasteiger partial charge in [-0.05, 0) is 37.2 Å². The van der Waals surface area contributed by atoms with Gasteiger partial charge in [-0.15, -0.1) is 0 Å². The molecule has 1 aromatic heterocycles. The van der Waals surface area contributed by atoms with Crippen molar-refractivity contribution in [2.75, 3.05) is 25.6 Å². The number of aromatic nitrogens is 1. The molecule has 3 N–H and O–H groups in total. The van der Waals surface area contributed by atoms with Gasteiger partial charge in [0.15, 0.2) is 11.5 Å². The summed E-state index contributed by atoms with van der Waals surface area (Å²) in [6.45, 7) is 1.01. The third kappa shape index (κ3) is 4.23. The summed E-state index contributed by atoms with van der Waals surface area (Å²) < 4.78 is 11.2. The van der Waals surface area contributed by atoms with Crippen molar-refractivity contribution in [1.82, 2.24) is 4.98 Å². The third-order valence-corrected chi connectivity index (χ3v) is 4.62. The molecule has 3 aromatic rings. The number of hydrogen-bond donors (Lipinski definition) is 2. The SMILES string of the molecule is COc1cc2c(Nc3ccc(Cl)cc3Cl)c(C#N)cnc2cc1OCCCN. The number of pyridine rings is 1. The number of nitrogens with zero attached hydrogens (tertiary/aromatic N) is 2. The van der Waals surface area contributed by atoms with Crippen LogP contribution in [-0.2, 0) is 0 Å². The molecular weight excluding hydrogens is 399 g/mol. The minimum Gasteiger partial charge on any atom is -0.493 e. The van der Waals surface area contributed by atoms with Crippen LogP contribution >= 0.6 is 23.2 Å². The van der Waals surface area contributed by atoms with E-state index in [0.29, 0.717) is 62.5 Å². The Morgan fingerprint density at radius 2 is 2.04 bits per heavy atom. The zero-order chi connectivity index (χ0) is 20.1. The summed E-state index contributed by atoms with van der Waals surface area (Å²) in [4.78, 5) is 4.38. The van der Waals surface area contributed by atoms with Crippen LogP contribution in [0.15, 0.2) is 36.5 Å². The van der Waals surface area contributed by atoms with Crippen molar-refractivity contribution in [3.8, 4) is 17.6 Å². The Hall–Kier alpha value is -2.72. The highest BCUT2D eigenvalue weighted by Gasteiger charge is 2.15. The van der Waals surface area contributed by atoms with Gasteiger partial charge in [0.1, 0.15) is 6.07 Å². The lowest BCUT2D eigenvalue weighted by molar-refractivity contribution is 0.292. The van der Waals surface area contributed by atoms with E-state index in [1.165, 1.54) is 6.20 Å². The van der Waals surface area contributed by atoms with E-state index in [4.69, 9.17) is 38.4 Å². The number of anilines is 2. The first-order valence-corrected chi connectivity index (χ1v) is 9.28. The van der Waals surface area contributed by atoms with Gasteiger partial charge in [0.25, 0.3) is 0 Å². The van der Waals surface area contributed by atoms with E-state index >= 15 is 0 Å². The summed E-state index contributed by atoms with van der Waals surface area (Å²) >= 11 is 12.3.